The highest BCUT2D eigenvalue weighted by atomic mass is 32.1. The Bertz CT molecular complexity index is 1140. The molecule has 1 aromatic carbocycles. The highest BCUT2D eigenvalue weighted by molar-refractivity contribution is 7.15. The molecule has 0 saturated carbocycles. The third-order valence-electron chi connectivity index (χ3n) is 5.40. The second kappa shape index (κ2) is 7.91. The fraction of sp³-hybridized carbons (Fsp3) is 0.391. The number of nitrogens with zero attached hydrogens (tertiary/aromatic N) is 2. The summed E-state index contributed by atoms with van der Waals surface area (Å²) in [5, 5.41) is 0. The molecule has 0 atom stereocenters. The number of aromatic amines is 1. The molecule has 164 valence electrons. The fourth-order valence-electron chi connectivity index (χ4n) is 3.63. The molecule has 31 heavy (non-hydrogen) atoms. The topological polar surface area (TPSA) is 49.0 Å². The van der Waals surface area contributed by atoms with E-state index in [2.05, 4.69) is 9.88 Å². The Morgan fingerprint density at radius 1 is 1.10 bits per heavy atom. The average Bonchev–Trinajstić information content (AvgIpc) is 3.15. The molecule has 1 aliphatic heterocycles. The number of thiophene rings is 1. The Hall–Kier alpha value is -2.45. The number of benzene rings is 1. The monoisotopic (exact) mass is 447 g/mol. The summed E-state index contributed by atoms with van der Waals surface area (Å²) in [4.78, 5) is 24.5. The van der Waals surface area contributed by atoms with Gasteiger partial charge in [0, 0.05) is 41.2 Å². The van der Waals surface area contributed by atoms with E-state index in [-0.39, 0.29) is 11.0 Å². The van der Waals surface area contributed by atoms with E-state index < -0.39 is 11.7 Å². The van der Waals surface area contributed by atoms with Crippen molar-refractivity contribution < 1.29 is 13.2 Å². The van der Waals surface area contributed by atoms with Gasteiger partial charge in [-0.25, -0.2) is 4.98 Å². The molecule has 0 saturated heterocycles. The predicted octanol–water partition coefficient (Wildman–Crippen LogP) is 5.37. The van der Waals surface area contributed by atoms with Crippen LogP contribution in [-0.4, -0.2) is 21.4 Å². The van der Waals surface area contributed by atoms with E-state index in [4.69, 9.17) is 4.98 Å². The molecular weight excluding hydrogens is 423 g/mol. The zero-order valence-corrected chi connectivity index (χ0v) is 18.5. The van der Waals surface area contributed by atoms with Crippen molar-refractivity contribution in [3.8, 4) is 10.4 Å². The van der Waals surface area contributed by atoms with Crippen LogP contribution in [0.25, 0.3) is 10.4 Å². The summed E-state index contributed by atoms with van der Waals surface area (Å²) in [6.07, 6.45) is -3.61. The Balaban J connectivity index is 1.47. The van der Waals surface area contributed by atoms with Crippen molar-refractivity contribution in [1.29, 1.82) is 0 Å². The molecule has 4 rings (SSSR count). The minimum absolute atomic E-state index is 0.0729. The van der Waals surface area contributed by atoms with Gasteiger partial charge in [0.25, 0.3) is 5.56 Å². The summed E-state index contributed by atoms with van der Waals surface area (Å²) in [6.45, 7) is 8.11. The van der Waals surface area contributed by atoms with Gasteiger partial charge < -0.3 is 4.98 Å². The lowest BCUT2D eigenvalue weighted by atomic mass is 9.95. The van der Waals surface area contributed by atoms with Crippen LogP contribution in [0.15, 0.2) is 41.2 Å². The number of nitrogens with one attached hydrogen (secondary N) is 1. The molecule has 0 unspecified atom stereocenters. The normalized spacial score (nSPS) is 15.2. The molecule has 4 nitrogen and oxygen atoms in total. The van der Waals surface area contributed by atoms with Gasteiger partial charge in [0.2, 0.25) is 0 Å². The number of alkyl halides is 3. The Morgan fingerprint density at radius 3 is 2.45 bits per heavy atom. The molecule has 0 radical (unpaired) electrons. The van der Waals surface area contributed by atoms with E-state index in [0.717, 1.165) is 51.7 Å². The quantitative estimate of drug-likeness (QED) is 0.587. The van der Waals surface area contributed by atoms with Crippen molar-refractivity contribution in [2.24, 2.45) is 0 Å². The second-order valence-electron chi connectivity index (χ2n) is 8.89. The third kappa shape index (κ3) is 4.75. The first-order valence-corrected chi connectivity index (χ1v) is 10.9. The van der Waals surface area contributed by atoms with E-state index in [1.165, 1.54) is 12.1 Å². The van der Waals surface area contributed by atoms with Gasteiger partial charge in [-0.15, -0.1) is 11.3 Å². The standard InChI is InChI=1S/C23H24F3N3OS/c1-22(2,3)21-27-18-10-11-29(13-17(18)20(30)28-21)12-16-8-9-19(31-16)14-4-6-15(7-5-14)23(24,25)26/h4-9H,10-13H2,1-3H3,(H,27,28,30). The molecule has 2 aromatic heterocycles. The molecule has 0 fully saturated rings. The van der Waals surface area contributed by atoms with Gasteiger partial charge in [-0.2, -0.15) is 13.2 Å². The largest absolute Gasteiger partial charge is 0.416 e. The summed E-state index contributed by atoms with van der Waals surface area (Å²) in [5.74, 6) is 0.712. The highest BCUT2D eigenvalue weighted by Gasteiger charge is 2.30. The summed E-state index contributed by atoms with van der Waals surface area (Å²) in [5.41, 5.74) is 1.44. The maximum Gasteiger partial charge on any atom is 0.416 e. The summed E-state index contributed by atoms with van der Waals surface area (Å²) >= 11 is 1.56. The van der Waals surface area contributed by atoms with Gasteiger partial charge >= 0.3 is 6.18 Å². The molecule has 1 aliphatic rings. The SMILES string of the molecule is CC(C)(C)c1nc2c(c(=O)[nH]1)CN(Cc1ccc(-c3ccc(C(F)(F)F)cc3)s1)CC2. The molecule has 3 heterocycles. The van der Waals surface area contributed by atoms with Crippen LogP contribution in [0.3, 0.4) is 0 Å². The summed E-state index contributed by atoms with van der Waals surface area (Å²) in [6, 6.07) is 9.17. The first kappa shape index (κ1) is 21.8. The van der Waals surface area contributed by atoms with Crippen molar-refractivity contribution >= 4 is 11.3 Å². The summed E-state index contributed by atoms with van der Waals surface area (Å²) in [7, 11) is 0. The van der Waals surface area contributed by atoms with E-state index in [1.54, 1.807) is 11.3 Å². The van der Waals surface area contributed by atoms with Gasteiger partial charge in [0.05, 0.1) is 16.8 Å². The average molecular weight is 448 g/mol. The minimum atomic E-state index is -4.33. The van der Waals surface area contributed by atoms with Gasteiger partial charge in [-0.1, -0.05) is 32.9 Å². The van der Waals surface area contributed by atoms with Gasteiger partial charge in [0.15, 0.2) is 0 Å². The van der Waals surface area contributed by atoms with Crippen molar-refractivity contribution in [2.45, 2.75) is 51.9 Å². The molecule has 1 N–H and O–H groups in total. The van der Waals surface area contributed by atoms with Crippen LogP contribution < -0.4 is 5.56 Å². The first-order chi connectivity index (χ1) is 14.5. The number of rotatable bonds is 3. The number of hydrogen-bond donors (Lipinski definition) is 1. The van der Waals surface area contributed by atoms with Crippen LogP contribution in [0.2, 0.25) is 0 Å². The smallest absolute Gasteiger partial charge is 0.310 e. The Kier molecular flexibility index (Phi) is 5.55. The van der Waals surface area contributed by atoms with Crippen molar-refractivity contribution in [3.63, 3.8) is 0 Å². The molecular formula is C23H24F3N3OS. The van der Waals surface area contributed by atoms with Gasteiger partial charge in [0.1, 0.15) is 5.82 Å². The maximum atomic E-state index is 12.8. The third-order valence-corrected chi connectivity index (χ3v) is 6.52. The number of fused-ring (bicyclic) bond motifs is 1. The highest BCUT2D eigenvalue weighted by Crippen LogP contribution is 2.33. The molecule has 8 heteroatoms. The molecule has 3 aromatic rings. The summed E-state index contributed by atoms with van der Waals surface area (Å²) < 4.78 is 38.3. The first-order valence-electron chi connectivity index (χ1n) is 10.1. The fourth-order valence-corrected chi connectivity index (χ4v) is 4.69. The van der Waals surface area contributed by atoms with E-state index in [1.807, 2.05) is 32.9 Å². The Morgan fingerprint density at radius 2 is 1.81 bits per heavy atom. The number of halogens is 3. The van der Waals surface area contributed by atoms with Gasteiger partial charge in [-0.05, 0) is 29.8 Å². The lowest BCUT2D eigenvalue weighted by Gasteiger charge is -2.28. The number of aromatic nitrogens is 2. The van der Waals surface area contributed by atoms with Crippen molar-refractivity contribution in [3.05, 3.63) is 74.3 Å². The number of H-pyrrole nitrogens is 1. The molecule has 0 aliphatic carbocycles. The zero-order chi connectivity index (χ0) is 22.4. The van der Waals surface area contributed by atoms with Crippen LogP contribution in [0.4, 0.5) is 13.2 Å². The van der Waals surface area contributed by atoms with E-state index >= 15 is 0 Å². The lowest BCUT2D eigenvalue weighted by molar-refractivity contribution is -0.137. The molecule has 0 bridgehead atoms. The van der Waals surface area contributed by atoms with Crippen molar-refractivity contribution in [2.75, 3.05) is 6.54 Å². The van der Waals surface area contributed by atoms with E-state index in [9.17, 15) is 18.0 Å². The molecule has 0 spiro atoms. The minimum Gasteiger partial charge on any atom is -0.310 e. The maximum absolute atomic E-state index is 12.8. The van der Waals surface area contributed by atoms with Crippen LogP contribution in [-0.2, 0) is 31.1 Å². The molecule has 0 amide bonds. The van der Waals surface area contributed by atoms with Crippen LogP contribution in [0.1, 0.15) is 48.3 Å². The van der Waals surface area contributed by atoms with Gasteiger partial charge in [-0.3, -0.25) is 9.69 Å². The van der Waals surface area contributed by atoms with Crippen LogP contribution >= 0.6 is 11.3 Å². The second-order valence-corrected chi connectivity index (χ2v) is 10.1. The van der Waals surface area contributed by atoms with Crippen LogP contribution in [0.5, 0.6) is 0 Å². The Labute approximate surface area is 182 Å². The van der Waals surface area contributed by atoms with Crippen LogP contribution in [0, 0.1) is 0 Å². The zero-order valence-electron chi connectivity index (χ0n) is 17.6. The number of hydrogen-bond acceptors (Lipinski definition) is 4. The lowest BCUT2D eigenvalue weighted by Crippen LogP contribution is -2.36. The predicted molar refractivity (Wildman–Crippen MR) is 116 cm³/mol. The van der Waals surface area contributed by atoms with E-state index in [0.29, 0.717) is 18.9 Å². The van der Waals surface area contributed by atoms with Crippen molar-refractivity contribution in [1.82, 2.24) is 14.9 Å².